The van der Waals surface area contributed by atoms with Gasteiger partial charge < -0.3 is 4.90 Å². The Bertz CT molecular complexity index is 1060. The van der Waals surface area contributed by atoms with Crippen LogP contribution in [-0.4, -0.2) is 50.7 Å². The SMILES string of the molecule is Cc1cc(N2CCN(Cc3ccc(C(F)(F)F)cc3)CC2)n2nc(C(F)(F)F)nc2n1. The summed E-state index contributed by atoms with van der Waals surface area (Å²) in [6, 6.07) is 6.70. The summed E-state index contributed by atoms with van der Waals surface area (Å²) in [6.07, 6.45) is -9.04. The Kier molecular flexibility index (Phi) is 5.28. The molecule has 3 heterocycles. The Morgan fingerprint density at radius 1 is 0.871 bits per heavy atom. The monoisotopic (exact) mass is 444 g/mol. The highest BCUT2D eigenvalue weighted by atomic mass is 19.4. The molecule has 3 aromatic rings. The number of piperazine rings is 1. The van der Waals surface area contributed by atoms with E-state index in [0.717, 1.165) is 22.2 Å². The van der Waals surface area contributed by atoms with Gasteiger partial charge in [-0.3, -0.25) is 4.90 Å². The molecule has 0 unspecified atom stereocenters. The van der Waals surface area contributed by atoms with Crippen molar-refractivity contribution < 1.29 is 26.3 Å². The number of fused-ring (bicyclic) bond motifs is 1. The van der Waals surface area contributed by atoms with Crippen molar-refractivity contribution in [2.75, 3.05) is 31.1 Å². The lowest BCUT2D eigenvalue weighted by Crippen LogP contribution is -2.46. The maximum Gasteiger partial charge on any atom is 0.453 e. The highest BCUT2D eigenvalue weighted by Crippen LogP contribution is 2.30. The van der Waals surface area contributed by atoms with E-state index in [0.29, 0.717) is 44.2 Å². The minimum absolute atomic E-state index is 0.116. The third-order valence-electron chi connectivity index (χ3n) is 5.06. The predicted molar refractivity (Wildman–Crippen MR) is 99.5 cm³/mol. The van der Waals surface area contributed by atoms with Crippen molar-refractivity contribution >= 4 is 11.6 Å². The first kappa shape index (κ1) is 21.3. The van der Waals surface area contributed by atoms with Crippen molar-refractivity contribution in [3.05, 3.63) is 53.0 Å². The Morgan fingerprint density at radius 3 is 2.10 bits per heavy atom. The second kappa shape index (κ2) is 7.66. The number of halogens is 6. The minimum Gasteiger partial charge on any atom is -0.354 e. The summed E-state index contributed by atoms with van der Waals surface area (Å²) in [6.45, 7) is 4.36. The molecule has 0 saturated carbocycles. The summed E-state index contributed by atoms with van der Waals surface area (Å²) in [4.78, 5) is 11.5. The van der Waals surface area contributed by atoms with Crippen LogP contribution in [0.5, 0.6) is 0 Å². The summed E-state index contributed by atoms with van der Waals surface area (Å²) in [5, 5.41) is 3.59. The van der Waals surface area contributed by atoms with Gasteiger partial charge in [0.25, 0.3) is 11.6 Å². The fourth-order valence-corrected chi connectivity index (χ4v) is 3.51. The molecule has 0 aliphatic carbocycles. The lowest BCUT2D eigenvalue weighted by molar-refractivity contribution is -0.144. The van der Waals surface area contributed by atoms with Crippen molar-refractivity contribution in [3.8, 4) is 0 Å². The highest BCUT2D eigenvalue weighted by Gasteiger charge is 2.37. The molecule has 0 spiro atoms. The molecule has 2 aromatic heterocycles. The van der Waals surface area contributed by atoms with Gasteiger partial charge in [0.2, 0.25) is 0 Å². The second-order valence-electron chi connectivity index (χ2n) is 7.36. The molecular formula is C19H18F6N6. The van der Waals surface area contributed by atoms with Crippen LogP contribution in [0.1, 0.15) is 22.6 Å². The average molecular weight is 444 g/mol. The number of anilines is 1. The molecule has 1 aliphatic rings. The third-order valence-corrected chi connectivity index (χ3v) is 5.06. The molecule has 31 heavy (non-hydrogen) atoms. The van der Waals surface area contributed by atoms with Crippen LogP contribution in [0, 0.1) is 6.92 Å². The van der Waals surface area contributed by atoms with Gasteiger partial charge in [0.05, 0.1) is 5.56 Å². The molecule has 1 aromatic carbocycles. The molecule has 0 N–H and O–H groups in total. The molecule has 0 amide bonds. The van der Waals surface area contributed by atoms with Crippen LogP contribution in [0.2, 0.25) is 0 Å². The molecule has 1 aliphatic heterocycles. The normalized spacial score (nSPS) is 16.3. The van der Waals surface area contributed by atoms with Gasteiger partial charge in [-0.25, -0.2) is 4.98 Å². The number of rotatable bonds is 3. The number of hydrogen-bond acceptors (Lipinski definition) is 5. The van der Waals surface area contributed by atoms with E-state index >= 15 is 0 Å². The van der Waals surface area contributed by atoms with Gasteiger partial charge in [0, 0.05) is 44.5 Å². The van der Waals surface area contributed by atoms with Crippen LogP contribution in [-0.2, 0) is 18.9 Å². The molecule has 0 radical (unpaired) electrons. The van der Waals surface area contributed by atoms with E-state index in [1.807, 2.05) is 4.90 Å². The van der Waals surface area contributed by atoms with Crippen LogP contribution in [0.25, 0.3) is 5.78 Å². The fourth-order valence-electron chi connectivity index (χ4n) is 3.51. The minimum atomic E-state index is -4.67. The largest absolute Gasteiger partial charge is 0.453 e. The first-order valence-corrected chi connectivity index (χ1v) is 9.46. The Labute approximate surface area is 173 Å². The molecule has 0 atom stereocenters. The van der Waals surface area contributed by atoms with Crippen LogP contribution < -0.4 is 4.90 Å². The lowest BCUT2D eigenvalue weighted by Gasteiger charge is -2.36. The molecule has 0 bridgehead atoms. The number of nitrogens with zero attached hydrogens (tertiary/aromatic N) is 6. The highest BCUT2D eigenvalue weighted by molar-refractivity contribution is 5.48. The van der Waals surface area contributed by atoms with E-state index in [1.165, 1.54) is 12.1 Å². The Balaban J connectivity index is 1.46. The molecular weight excluding hydrogens is 426 g/mol. The van der Waals surface area contributed by atoms with E-state index in [-0.39, 0.29) is 5.78 Å². The molecule has 1 saturated heterocycles. The first-order chi connectivity index (χ1) is 14.5. The summed E-state index contributed by atoms with van der Waals surface area (Å²) in [5.74, 6) is -0.887. The van der Waals surface area contributed by atoms with Crippen LogP contribution in [0.3, 0.4) is 0 Å². The van der Waals surface area contributed by atoms with Gasteiger partial charge in [-0.1, -0.05) is 12.1 Å². The van der Waals surface area contributed by atoms with Crippen molar-refractivity contribution in [2.24, 2.45) is 0 Å². The molecule has 1 fully saturated rings. The maximum absolute atomic E-state index is 13.0. The Morgan fingerprint density at radius 2 is 1.52 bits per heavy atom. The third kappa shape index (κ3) is 4.58. The van der Waals surface area contributed by atoms with E-state index in [2.05, 4.69) is 20.0 Å². The predicted octanol–water partition coefficient (Wildman–Crippen LogP) is 3.79. The van der Waals surface area contributed by atoms with Crippen molar-refractivity contribution in [3.63, 3.8) is 0 Å². The van der Waals surface area contributed by atoms with E-state index < -0.39 is 23.7 Å². The van der Waals surface area contributed by atoms with E-state index in [1.54, 1.807) is 13.0 Å². The topological polar surface area (TPSA) is 49.6 Å². The van der Waals surface area contributed by atoms with E-state index in [9.17, 15) is 26.3 Å². The number of benzene rings is 1. The smallest absolute Gasteiger partial charge is 0.354 e. The standard InChI is InChI=1S/C19H18F6N6/c1-12-10-15(31-17(26-12)27-16(28-31)19(23,24)25)30-8-6-29(7-9-30)11-13-2-4-14(5-3-13)18(20,21)22/h2-5,10H,6-9,11H2,1H3. The molecule has 166 valence electrons. The zero-order valence-electron chi connectivity index (χ0n) is 16.4. The van der Waals surface area contributed by atoms with Crippen molar-refractivity contribution in [1.82, 2.24) is 24.5 Å². The second-order valence-corrected chi connectivity index (χ2v) is 7.36. The molecule has 4 rings (SSSR count). The summed E-state index contributed by atoms with van der Waals surface area (Å²) in [5.41, 5.74) is 0.592. The van der Waals surface area contributed by atoms with Crippen molar-refractivity contribution in [1.29, 1.82) is 0 Å². The lowest BCUT2D eigenvalue weighted by atomic mass is 10.1. The number of alkyl halides is 6. The quantitative estimate of drug-likeness (QED) is 0.576. The zero-order valence-corrected chi connectivity index (χ0v) is 16.4. The van der Waals surface area contributed by atoms with Crippen LogP contribution in [0.4, 0.5) is 32.2 Å². The van der Waals surface area contributed by atoms with Gasteiger partial charge >= 0.3 is 12.4 Å². The summed E-state index contributed by atoms with van der Waals surface area (Å²) in [7, 11) is 0. The first-order valence-electron chi connectivity index (χ1n) is 9.46. The molecule has 12 heteroatoms. The molecule has 6 nitrogen and oxygen atoms in total. The summed E-state index contributed by atoms with van der Waals surface area (Å²) < 4.78 is 78.2. The number of aromatic nitrogens is 4. The average Bonchev–Trinajstić information content (AvgIpc) is 3.12. The van der Waals surface area contributed by atoms with Gasteiger partial charge in [0.15, 0.2) is 0 Å². The summed E-state index contributed by atoms with van der Waals surface area (Å²) >= 11 is 0. The van der Waals surface area contributed by atoms with Crippen LogP contribution >= 0.6 is 0 Å². The van der Waals surface area contributed by atoms with Gasteiger partial charge in [-0.2, -0.15) is 35.8 Å². The Hall–Kier alpha value is -2.89. The fraction of sp³-hybridized carbons (Fsp3) is 0.421. The van der Waals surface area contributed by atoms with Gasteiger partial charge in [-0.05, 0) is 24.6 Å². The van der Waals surface area contributed by atoms with Gasteiger partial charge in [-0.15, -0.1) is 5.10 Å². The van der Waals surface area contributed by atoms with Crippen molar-refractivity contribution in [2.45, 2.75) is 25.8 Å². The van der Waals surface area contributed by atoms with Gasteiger partial charge in [0.1, 0.15) is 5.82 Å². The maximum atomic E-state index is 13.0. The number of aryl methyl sites for hydroxylation is 1. The zero-order chi connectivity index (χ0) is 22.4. The van der Waals surface area contributed by atoms with Crippen LogP contribution in [0.15, 0.2) is 30.3 Å². The van der Waals surface area contributed by atoms with E-state index in [4.69, 9.17) is 0 Å². The number of hydrogen-bond donors (Lipinski definition) is 0.